The number of amides is 2. The van der Waals surface area contributed by atoms with E-state index in [0.29, 0.717) is 23.1 Å². The van der Waals surface area contributed by atoms with E-state index in [1.165, 1.54) is 17.0 Å². The van der Waals surface area contributed by atoms with E-state index < -0.39 is 53.7 Å². The second-order valence-electron chi connectivity index (χ2n) is 14.0. The number of hydrogen-bond donors (Lipinski definition) is 1. The molecule has 0 spiro atoms. The lowest BCUT2D eigenvalue weighted by Gasteiger charge is -2.37. The van der Waals surface area contributed by atoms with Gasteiger partial charge in [0.15, 0.2) is 0 Å². The van der Waals surface area contributed by atoms with Crippen LogP contribution < -0.4 is 14.8 Å². The van der Waals surface area contributed by atoms with Crippen molar-refractivity contribution in [3.05, 3.63) is 23.9 Å². The van der Waals surface area contributed by atoms with Gasteiger partial charge in [-0.2, -0.15) is 8.78 Å². The zero-order valence-corrected chi connectivity index (χ0v) is 26.7. The van der Waals surface area contributed by atoms with Crippen LogP contribution in [0.15, 0.2) is 18.2 Å². The third-order valence-electron chi connectivity index (χ3n) is 9.70. The Kier molecular flexibility index (Phi) is 9.51. The first-order valence-electron chi connectivity index (χ1n) is 16.0. The second kappa shape index (κ2) is 13.0. The number of carbonyl (C=O) groups excluding carboxylic acids is 3. The Labute approximate surface area is 262 Å². The molecule has 10 nitrogen and oxygen atoms in total. The lowest BCUT2D eigenvalue weighted by Crippen LogP contribution is -2.57. The number of nitrogens with one attached hydrogen (secondary N) is 1. The highest BCUT2D eigenvalue weighted by Gasteiger charge is 2.48. The van der Waals surface area contributed by atoms with Gasteiger partial charge in [0.25, 0.3) is 0 Å². The number of aromatic nitrogens is 2. The predicted octanol–water partition coefficient (Wildman–Crippen LogP) is 5.84. The zero-order valence-electron chi connectivity index (χ0n) is 26.7. The molecule has 1 saturated heterocycles. The molecule has 3 heterocycles. The molecule has 2 aromatic rings. The molecule has 12 heteroatoms. The predicted molar refractivity (Wildman–Crippen MR) is 162 cm³/mol. The quantitative estimate of drug-likeness (QED) is 0.420. The van der Waals surface area contributed by atoms with E-state index in [0.717, 1.165) is 51.2 Å². The number of fused-ring (bicyclic) bond motifs is 5. The Morgan fingerprint density at radius 3 is 2.58 bits per heavy atom. The molecule has 6 atom stereocenters. The Morgan fingerprint density at radius 2 is 1.87 bits per heavy atom. The maximum atomic E-state index is 14.1. The number of ether oxygens (including phenoxy) is 3. The van der Waals surface area contributed by atoms with Crippen molar-refractivity contribution >= 4 is 29.3 Å². The van der Waals surface area contributed by atoms with E-state index in [2.05, 4.69) is 15.0 Å². The number of rotatable bonds is 3. The van der Waals surface area contributed by atoms with Gasteiger partial charge in [-0.25, -0.2) is 14.8 Å². The van der Waals surface area contributed by atoms with Crippen LogP contribution in [0.4, 0.5) is 13.6 Å². The highest BCUT2D eigenvalue weighted by molar-refractivity contribution is 5.89. The van der Waals surface area contributed by atoms with E-state index >= 15 is 0 Å². The maximum Gasteiger partial charge on any atom is 0.408 e. The minimum Gasteiger partial charge on any atom is -0.471 e. The van der Waals surface area contributed by atoms with Gasteiger partial charge in [-0.3, -0.25) is 4.79 Å². The van der Waals surface area contributed by atoms with Gasteiger partial charge in [0.2, 0.25) is 11.8 Å². The minimum atomic E-state index is -2.98. The third-order valence-corrected chi connectivity index (χ3v) is 9.70. The SMILES string of the molecule is C[C@@H]1[C@@H]2CN(C(=O)[C@H](C(C)(C)C)NC(=O)O[C@]3(C)CCC[C@H]3CCCCCc3nc4ccc(OC(F)F)cc4nc3O2)[C@@H]1C=O. The smallest absolute Gasteiger partial charge is 0.408 e. The van der Waals surface area contributed by atoms with Crippen LogP contribution in [0, 0.1) is 17.3 Å². The van der Waals surface area contributed by atoms with Gasteiger partial charge in [-0.05, 0) is 68.9 Å². The summed E-state index contributed by atoms with van der Waals surface area (Å²) in [6, 6.07) is 2.66. The summed E-state index contributed by atoms with van der Waals surface area (Å²) in [5.41, 5.74) is 0.162. The average molecular weight is 631 g/mol. The van der Waals surface area contributed by atoms with Gasteiger partial charge in [-0.15, -0.1) is 0 Å². The minimum absolute atomic E-state index is 0.0443. The molecule has 2 fully saturated rings. The van der Waals surface area contributed by atoms with Crippen molar-refractivity contribution in [1.29, 1.82) is 0 Å². The number of aryl methyl sites for hydroxylation is 1. The zero-order chi connectivity index (χ0) is 32.5. The Balaban J connectivity index is 1.51. The molecule has 5 rings (SSSR count). The average Bonchev–Trinajstić information content (AvgIpc) is 3.48. The Hall–Kier alpha value is -3.57. The molecule has 1 saturated carbocycles. The fourth-order valence-corrected chi connectivity index (χ4v) is 7.02. The Bertz CT molecular complexity index is 1420. The highest BCUT2D eigenvalue weighted by Crippen LogP contribution is 2.42. The monoisotopic (exact) mass is 630 g/mol. The summed E-state index contributed by atoms with van der Waals surface area (Å²) in [6.45, 7) is 6.48. The molecule has 0 unspecified atom stereocenters. The number of benzene rings is 1. The van der Waals surface area contributed by atoms with Crippen molar-refractivity contribution in [3.8, 4) is 11.6 Å². The lowest BCUT2D eigenvalue weighted by molar-refractivity contribution is -0.139. The number of halogens is 2. The number of nitrogens with zero attached hydrogens (tertiary/aromatic N) is 3. The topological polar surface area (TPSA) is 120 Å². The number of hydrogen-bond acceptors (Lipinski definition) is 8. The van der Waals surface area contributed by atoms with Gasteiger partial charge in [0.1, 0.15) is 35.5 Å². The van der Waals surface area contributed by atoms with Crippen LogP contribution in [0.2, 0.25) is 0 Å². The van der Waals surface area contributed by atoms with E-state index in [1.54, 1.807) is 6.07 Å². The van der Waals surface area contributed by atoms with E-state index in [-0.39, 0.29) is 24.1 Å². The van der Waals surface area contributed by atoms with Gasteiger partial charge in [0.05, 0.1) is 23.6 Å². The van der Waals surface area contributed by atoms with Crippen molar-refractivity contribution in [2.24, 2.45) is 17.3 Å². The van der Waals surface area contributed by atoms with Gasteiger partial charge in [0, 0.05) is 12.0 Å². The molecule has 2 amide bonds. The fraction of sp³-hybridized carbons (Fsp3) is 0.667. The molecule has 0 radical (unpaired) electrons. The summed E-state index contributed by atoms with van der Waals surface area (Å²) in [7, 11) is 0. The normalized spacial score (nSPS) is 30.0. The summed E-state index contributed by atoms with van der Waals surface area (Å²) in [6.07, 6.45) is 6.31. The fourth-order valence-electron chi connectivity index (χ4n) is 7.02. The van der Waals surface area contributed by atoms with Crippen molar-refractivity contribution < 1.29 is 37.4 Å². The van der Waals surface area contributed by atoms with Crippen LogP contribution in [-0.4, -0.2) is 70.1 Å². The van der Waals surface area contributed by atoms with Crippen LogP contribution in [0.25, 0.3) is 11.0 Å². The number of alkyl halides is 2. The van der Waals surface area contributed by atoms with Crippen LogP contribution in [0.3, 0.4) is 0 Å². The Morgan fingerprint density at radius 1 is 1.11 bits per heavy atom. The standard InChI is InChI=1S/C33H44F2N4O6/c1-19-25(18-40)39-17-26(19)44-28-23(36-22-14-13-21(43-30(34)35)16-24(22)37-28)12-8-6-7-10-20-11-9-15-33(20,5)45-31(42)38-27(29(39)41)32(2,3)4/h13-14,16,18-20,25-27,30H,6-12,15,17H2,1-5H3,(H,38,42)/t19-,20+,25+,26-,27+,33+/m0/s1. The van der Waals surface area contributed by atoms with E-state index in [9.17, 15) is 23.2 Å². The second-order valence-corrected chi connectivity index (χ2v) is 14.0. The summed E-state index contributed by atoms with van der Waals surface area (Å²) >= 11 is 0. The first kappa shape index (κ1) is 32.8. The molecule has 1 aromatic heterocycles. The third kappa shape index (κ3) is 7.14. The molecule has 2 bridgehead atoms. The van der Waals surface area contributed by atoms with Gasteiger partial charge >= 0.3 is 12.7 Å². The van der Waals surface area contributed by atoms with Crippen molar-refractivity contribution in [2.45, 2.75) is 116 Å². The van der Waals surface area contributed by atoms with Gasteiger partial charge < -0.3 is 29.2 Å². The number of aldehydes is 1. The van der Waals surface area contributed by atoms with Crippen LogP contribution in [0.5, 0.6) is 11.6 Å². The molecular formula is C33H44F2N4O6. The molecule has 1 aromatic carbocycles. The largest absolute Gasteiger partial charge is 0.471 e. The molecule has 1 aliphatic carbocycles. The van der Waals surface area contributed by atoms with Crippen LogP contribution in [0.1, 0.15) is 85.3 Å². The maximum absolute atomic E-state index is 14.1. The lowest BCUT2D eigenvalue weighted by atomic mass is 9.85. The summed E-state index contributed by atoms with van der Waals surface area (Å²) in [4.78, 5) is 50.7. The molecule has 45 heavy (non-hydrogen) atoms. The number of alkyl carbamates (subject to hydrolysis) is 1. The summed E-state index contributed by atoms with van der Waals surface area (Å²) in [5.74, 6) is -0.404. The van der Waals surface area contributed by atoms with Crippen molar-refractivity contribution in [3.63, 3.8) is 0 Å². The molecule has 3 aliphatic rings. The van der Waals surface area contributed by atoms with Crippen molar-refractivity contribution in [1.82, 2.24) is 20.2 Å². The van der Waals surface area contributed by atoms with Crippen molar-refractivity contribution in [2.75, 3.05) is 6.54 Å². The summed E-state index contributed by atoms with van der Waals surface area (Å²) < 4.78 is 42.9. The summed E-state index contributed by atoms with van der Waals surface area (Å²) in [5, 5.41) is 2.85. The van der Waals surface area contributed by atoms with E-state index in [4.69, 9.17) is 14.5 Å². The van der Waals surface area contributed by atoms with Crippen LogP contribution >= 0.6 is 0 Å². The van der Waals surface area contributed by atoms with Crippen LogP contribution in [-0.2, 0) is 20.7 Å². The van der Waals surface area contributed by atoms with E-state index in [1.807, 2.05) is 34.6 Å². The molecule has 246 valence electrons. The highest BCUT2D eigenvalue weighted by atomic mass is 19.3. The first-order valence-corrected chi connectivity index (χ1v) is 16.0. The first-order chi connectivity index (χ1) is 21.3. The number of carbonyl (C=O) groups is 3. The molecule has 1 N–H and O–H groups in total. The molecule has 2 aliphatic heterocycles. The van der Waals surface area contributed by atoms with Gasteiger partial charge in [-0.1, -0.05) is 40.5 Å². The molecular weight excluding hydrogens is 586 g/mol.